The summed E-state index contributed by atoms with van der Waals surface area (Å²) in [5.74, 6) is 2.75. The first-order valence-corrected chi connectivity index (χ1v) is 15.0. The van der Waals surface area contributed by atoms with Crippen molar-refractivity contribution >= 4 is 62.4 Å². The molecule has 2 aromatic heterocycles. The van der Waals surface area contributed by atoms with Crippen LogP contribution in [-0.2, 0) is 23.4 Å². The van der Waals surface area contributed by atoms with Gasteiger partial charge in [0.1, 0.15) is 11.6 Å². The molecule has 1 unspecified atom stereocenters. The van der Waals surface area contributed by atoms with Crippen LogP contribution >= 0.6 is 12.4 Å². The molecule has 220 valence electrons. The van der Waals surface area contributed by atoms with Crippen LogP contribution in [0.2, 0.25) is 0 Å². The molecule has 0 fully saturated rings. The van der Waals surface area contributed by atoms with Crippen LogP contribution < -0.4 is 20.3 Å². The predicted molar refractivity (Wildman–Crippen MR) is 171 cm³/mol. The first-order valence-electron chi connectivity index (χ1n) is 13.1. The van der Waals surface area contributed by atoms with E-state index in [-0.39, 0.29) is 12.4 Å². The van der Waals surface area contributed by atoms with Crippen LogP contribution in [0, 0.1) is 0 Å². The normalized spacial score (nSPS) is 11.9. The standard InChI is InChI=1S/C30H33N7O3S.ClH/c1-20(41(5,38)39)22-8-10-23(11-9-22)33-29-31-17-16-28(35-29)36(2)24-12-15-27-26(18-24)34-30(37(27)3)32-19-21-6-13-25(40-4)14-7-21;/h6-18,20H,19H2,1-5H3,(H,32,34)(H,31,33,35);1H. The number of nitrogens with zero attached hydrogens (tertiary/aromatic N) is 5. The molecule has 0 radical (unpaired) electrons. The number of fused-ring (bicyclic) bond motifs is 1. The van der Waals surface area contributed by atoms with Crippen molar-refractivity contribution in [1.29, 1.82) is 0 Å². The Balaban J connectivity index is 0.00000405. The highest BCUT2D eigenvalue weighted by atomic mass is 35.5. The van der Waals surface area contributed by atoms with Gasteiger partial charge in [0.15, 0.2) is 9.84 Å². The summed E-state index contributed by atoms with van der Waals surface area (Å²) in [5, 5.41) is 6.06. The van der Waals surface area contributed by atoms with E-state index >= 15 is 0 Å². The monoisotopic (exact) mass is 607 g/mol. The molecule has 0 amide bonds. The Bertz CT molecular complexity index is 1780. The number of aromatic nitrogens is 4. The molecule has 3 aromatic carbocycles. The quantitative estimate of drug-likeness (QED) is 0.197. The van der Waals surface area contributed by atoms with Crippen LogP contribution in [0.15, 0.2) is 79.0 Å². The van der Waals surface area contributed by atoms with Gasteiger partial charge in [-0.05, 0) is 66.6 Å². The number of methoxy groups -OCH3 is 1. The van der Waals surface area contributed by atoms with Gasteiger partial charge in [0, 0.05) is 44.5 Å². The predicted octanol–water partition coefficient (Wildman–Crippen LogP) is 6.02. The van der Waals surface area contributed by atoms with Gasteiger partial charge in [0.2, 0.25) is 11.9 Å². The van der Waals surface area contributed by atoms with Crippen molar-refractivity contribution < 1.29 is 13.2 Å². The highest BCUT2D eigenvalue weighted by molar-refractivity contribution is 7.90. The van der Waals surface area contributed by atoms with Gasteiger partial charge in [0.05, 0.1) is 23.4 Å². The summed E-state index contributed by atoms with van der Waals surface area (Å²) < 4.78 is 31.0. The Hall–Kier alpha value is -4.35. The molecule has 2 N–H and O–H groups in total. The molecule has 1 atom stereocenters. The van der Waals surface area contributed by atoms with Gasteiger partial charge >= 0.3 is 0 Å². The molecule has 0 aliphatic rings. The Morgan fingerprint density at radius 1 is 1.00 bits per heavy atom. The molecular weight excluding hydrogens is 574 g/mol. The lowest BCUT2D eigenvalue weighted by Gasteiger charge is -2.19. The van der Waals surface area contributed by atoms with Gasteiger partial charge in [-0.25, -0.2) is 18.4 Å². The number of aryl methyl sites for hydroxylation is 1. The van der Waals surface area contributed by atoms with Crippen molar-refractivity contribution in [3.8, 4) is 5.75 Å². The molecule has 0 aliphatic carbocycles. The minimum Gasteiger partial charge on any atom is -0.497 e. The van der Waals surface area contributed by atoms with Gasteiger partial charge in [-0.15, -0.1) is 12.4 Å². The van der Waals surface area contributed by atoms with Crippen LogP contribution in [0.4, 0.5) is 29.1 Å². The van der Waals surface area contributed by atoms with Crippen LogP contribution in [0.25, 0.3) is 11.0 Å². The van der Waals surface area contributed by atoms with Crippen LogP contribution in [-0.4, -0.2) is 48.4 Å². The number of benzene rings is 3. The third-order valence-corrected chi connectivity index (χ3v) is 8.68. The average molecular weight is 608 g/mol. The van der Waals surface area contributed by atoms with E-state index in [9.17, 15) is 8.42 Å². The van der Waals surface area contributed by atoms with Crippen molar-refractivity contribution in [2.75, 3.05) is 35.9 Å². The molecule has 2 heterocycles. The number of nitrogens with one attached hydrogen (secondary N) is 2. The van der Waals surface area contributed by atoms with Crippen LogP contribution in [0.5, 0.6) is 5.75 Å². The maximum absolute atomic E-state index is 11.9. The van der Waals surface area contributed by atoms with Crippen molar-refractivity contribution in [2.24, 2.45) is 7.05 Å². The lowest BCUT2D eigenvalue weighted by atomic mass is 10.1. The molecular formula is C30H34ClN7O3S. The van der Waals surface area contributed by atoms with E-state index in [0.29, 0.717) is 18.3 Å². The van der Waals surface area contributed by atoms with E-state index in [2.05, 4.69) is 20.6 Å². The Labute approximate surface area is 252 Å². The van der Waals surface area contributed by atoms with Crippen LogP contribution in [0.1, 0.15) is 23.3 Å². The Morgan fingerprint density at radius 3 is 2.38 bits per heavy atom. The molecule has 0 saturated heterocycles. The highest BCUT2D eigenvalue weighted by Gasteiger charge is 2.17. The van der Waals surface area contributed by atoms with E-state index in [4.69, 9.17) is 9.72 Å². The fraction of sp³-hybridized carbons (Fsp3) is 0.233. The van der Waals surface area contributed by atoms with E-state index in [0.717, 1.165) is 45.2 Å². The summed E-state index contributed by atoms with van der Waals surface area (Å²) >= 11 is 0. The van der Waals surface area contributed by atoms with E-state index in [1.165, 1.54) is 6.26 Å². The van der Waals surface area contributed by atoms with Crippen molar-refractivity contribution in [2.45, 2.75) is 18.7 Å². The van der Waals surface area contributed by atoms with Crippen molar-refractivity contribution in [1.82, 2.24) is 19.5 Å². The highest BCUT2D eigenvalue weighted by Crippen LogP contribution is 2.29. The molecule has 0 spiro atoms. The van der Waals surface area contributed by atoms with Crippen molar-refractivity contribution in [3.63, 3.8) is 0 Å². The first-order chi connectivity index (χ1) is 19.6. The first kappa shape index (κ1) is 30.6. The third-order valence-electron chi connectivity index (χ3n) is 7.12. The van der Waals surface area contributed by atoms with Gasteiger partial charge in [-0.1, -0.05) is 24.3 Å². The molecule has 0 aliphatic heterocycles. The summed E-state index contributed by atoms with van der Waals surface area (Å²) in [5.41, 5.74) is 5.44. The molecule has 42 heavy (non-hydrogen) atoms. The van der Waals surface area contributed by atoms with Gasteiger partial charge in [0.25, 0.3) is 0 Å². The van der Waals surface area contributed by atoms with Crippen LogP contribution in [0.3, 0.4) is 0 Å². The molecule has 12 heteroatoms. The number of imidazole rings is 1. The third kappa shape index (κ3) is 6.75. The molecule has 0 saturated carbocycles. The topological polar surface area (TPSA) is 114 Å². The molecule has 0 bridgehead atoms. The molecule has 10 nitrogen and oxygen atoms in total. The molecule has 5 aromatic rings. The van der Waals surface area contributed by atoms with Crippen molar-refractivity contribution in [3.05, 3.63) is 90.1 Å². The number of ether oxygens (including phenoxy) is 1. The van der Waals surface area contributed by atoms with Gasteiger partial charge < -0.3 is 24.8 Å². The number of hydrogen-bond acceptors (Lipinski definition) is 9. The number of rotatable bonds is 10. The Morgan fingerprint density at radius 2 is 1.71 bits per heavy atom. The van der Waals surface area contributed by atoms with Gasteiger partial charge in [-0.2, -0.15) is 4.98 Å². The summed E-state index contributed by atoms with van der Waals surface area (Å²) in [6, 6.07) is 23.1. The largest absolute Gasteiger partial charge is 0.497 e. The maximum Gasteiger partial charge on any atom is 0.229 e. The number of anilines is 5. The zero-order chi connectivity index (χ0) is 29.1. The summed E-state index contributed by atoms with van der Waals surface area (Å²) in [6.45, 7) is 2.33. The number of sulfone groups is 1. The zero-order valence-electron chi connectivity index (χ0n) is 24.1. The smallest absolute Gasteiger partial charge is 0.229 e. The average Bonchev–Trinajstić information content (AvgIpc) is 3.30. The summed E-state index contributed by atoms with van der Waals surface area (Å²) in [7, 11) is 2.43. The van der Waals surface area contributed by atoms with E-state index in [1.807, 2.05) is 84.2 Å². The number of hydrogen-bond donors (Lipinski definition) is 2. The minimum atomic E-state index is -3.16. The summed E-state index contributed by atoms with van der Waals surface area (Å²) in [4.78, 5) is 15.8. The second-order valence-corrected chi connectivity index (χ2v) is 12.3. The second kappa shape index (κ2) is 12.7. The lowest BCUT2D eigenvalue weighted by Crippen LogP contribution is -2.12. The summed E-state index contributed by atoms with van der Waals surface area (Å²) in [6.07, 6.45) is 2.94. The van der Waals surface area contributed by atoms with E-state index < -0.39 is 15.1 Å². The maximum atomic E-state index is 11.9. The fourth-order valence-electron chi connectivity index (χ4n) is 4.42. The van der Waals surface area contributed by atoms with Gasteiger partial charge in [-0.3, -0.25) is 0 Å². The second-order valence-electron chi connectivity index (χ2n) is 9.89. The lowest BCUT2D eigenvalue weighted by molar-refractivity contribution is 0.414. The minimum absolute atomic E-state index is 0. The van der Waals surface area contributed by atoms with E-state index in [1.54, 1.807) is 32.4 Å². The fourth-order valence-corrected chi connectivity index (χ4v) is 5.07. The molecule has 5 rings (SSSR count). The SMILES string of the molecule is COc1ccc(CNc2nc3cc(N(C)c4ccnc(Nc5ccc(C(C)S(C)(=O)=O)cc5)n4)ccc3n2C)cc1.Cl. The Kier molecular flexibility index (Phi) is 9.23. The zero-order valence-corrected chi connectivity index (χ0v) is 25.7. The number of halogens is 1.